The Balaban J connectivity index is 1.87. The molecule has 1 aromatic carbocycles. The summed E-state index contributed by atoms with van der Waals surface area (Å²) in [4.78, 5) is 35.6. The molecule has 0 bridgehead atoms. The van der Waals surface area contributed by atoms with Gasteiger partial charge in [0.2, 0.25) is 17.7 Å². The number of hydrogen-bond donors (Lipinski definition) is 1. The molecular formula is C14H16N2O4. The summed E-state index contributed by atoms with van der Waals surface area (Å²) >= 11 is 0. The normalized spacial score (nSPS) is 14.9. The highest BCUT2D eigenvalue weighted by Gasteiger charge is 2.25. The lowest BCUT2D eigenvalue weighted by Crippen LogP contribution is -2.53. The number of aryl methyl sites for hydroxylation is 1. The standard InChI is InChI=1S/C14H16N2O4/c1-20-11-5-2-10(3-6-11)4-7-14(19)16-8-12(17)15-13(18)9-16/h2-3,5-6H,4,7-9H2,1H3,(H,15,17,18). The van der Waals surface area contributed by atoms with Crippen molar-refractivity contribution < 1.29 is 19.1 Å². The van der Waals surface area contributed by atoms with Gasteiger partial charge in [0.25, 0.3) is 0 Å². The van der Waals surface area contributed by atoms with Gasteiger partial charge in [0.05, 0.1) is 7.11 Å². The van der Waals surface area contributed by atoms with Crippen LogP contribution in [0.1, 0.15) is 12.0 Å². The second-order valence-corrected chi connectivity index (χ2v) is 4.57. The molecule has 0 unspecified atom stereocenters. The molecule has 0 spiro atoms. The third-order valence-corrected chi connectivity index (χ3v) is 3.09. The van der Waals surface area contributed by atoms with Crippen LogP contribution >= 0.6 is 0 Å². The monoisotopic (exact) mass is 276 g/mol. The number of methoxy groups -OCH3 is 1. The Bertz CT molecular complexity index is 508. The van der Waals surface area contributed by atoms with Gasteiger partial charge in [-0.2, -0.15) is 0 Å². The molecule has 6 nitrogen and oxygen atoms in total. The largest absolute Gasteiger partial charge is 0.497 e. The van der Waals surface area contributed by atoms with Crippen molar-refractivity contribution in [2.24, 2.45) is 0 Å². The van der Waals surface area contributed by atoms with Crippen molar-refractivity contribution in [3.8, 4) is 5.75 Å². The summed E-state index contributed by atoms with van der Waals surface area (Å²) in [5, 5.41) is 2.16. The number of imide groups is 1. The fourth-order valence-electron chi connectivity index (χ4n) is 2.02. The highest BCUT2D eigenvalue weighted by Crippen LogP contribution is 2.13. The molecule has 20 heavy (non-hydrogen) atoms. The Kier molecular flexibility index (Phi) is 4.34. The van der Waals surface area contributed by atoms with Crippen LogP contribution < -0.4 is 10.1 Å². The quantitative estimate of drug-likeness (QED) is 0.792. The van der Waals surface area contributed by atoms with Gasteiger partial charge in [-0.05, 0) is 24.1 Å². The van der Waals surface area contributed by atoms with Gasteiger partial charge in [0.15, 0.2) is 0 Å². The van der Waals surface area contributed by atoms with Crippen LogP contribution in [-0.4, -0.2) is 42.8 Å². The molecule has 1 N–H and O–H groups in total. The average Bonchev–Trinajstić information content (AvgIpc) is 2.44. The Labute approximate surface area is 116 Å². The highest BCUT2D eigenvalue weighted by atomic mass is 16.5. The summed E-state index contributed by atoms with van der Waals surface area (Å²) in [6, 6.07) is 7.44. The minimum absolute atomic E-state index is 0.0484. The van der Waals surface area contributed by atoms with E-state index in [1.54, 1.807) is 7.11 Å². The van der Waals surface area contributed by atoms with Gasteiger partial charge < -0.3 is 9.64 Å². The van der Waals surface area contributed by atoms with Gasteiger partial charge in [-0.3, -0.25) is 19.7 Å². The van der Waals surface area contributed by atoms with Crippen LogP contribution in [0.15, 0.2) is 24.3 Å². The van der Waals surface area contributed by atoms with Crippen LogP contribution in [0, 0.1) is 0 Å². The minimum atomic E-state index is -0.431. The van der Waals surface area contributed by atoms with Crippen LogP contribution in [0.3, 0.4) is 0 Å². The average molecular weight is 276 g/mol. The minimum Gasteiger partial charge on any atom is -0.497 e. The first-order valence-electron chi connectivity index (χ1n) is 6.32. The first kappa shape index (κ1) is 14.0. The second kappa shape index (κ2) is 6.18. The van der Waals surface area contributed by atoms with Crippen molar-refractivity contribution >= 4 is 17.7 Å². The Morgan fingerprint density at radius 2 is 1.80 bits per heavy atom. The second-order valence-electron chi connectivity index (χ2n) is 4.57. The molecule has 1 heterocycles. The molecular weight excluding hydrogens is 260 g/mol. The number of ether oxygens (including phenoxy) is 1. The van der Waals surface area contributed by atoms with Gasteiger partial charge in [0.1, 0.15) is 18.8 Å². The number of carbonyl (C=O) groups is 3. The maximum Gasteiger partial charge on any atom is 0.246 e. The van der Waals surface area contributed by atoms with Crippen molar-refractivity contribution in [1.82, 2.24) is 10.2 Å². The maximum atomic E-state index is 12.0. The van der Waals surface area contributed by atoms with E-state index in [9.17, 15) is 14.4 Å². The van der Waals surface area contributed by atoms with E-state index >= 15 is 0 Å². The smallest absolute Gasteiger partial charge is 0.246 e. The lowest BCUT2D eigenvalue weighted by atomic mass is 10.1. The molecule has 0 saturated carbocycles. The molecule has 1 saturated heterocycles. The molecule has 106 valence electrons. The fraction of sp³-hybridized carbons (Fsp3) is 0.357. The topological polar surface area (TPSA) is 75.7 Å². The number of rotatable bonds is 4. The fourth-order valence-corrected chi connectivity index (χ4v) is 2.02. The molecule has 0 radical (unpaired) electrons. The van der Waals surface area contributed by atoms with Crippen molar-refractivity contribution in [3.05, 3.63) is 29.8 Å². The zero-order valence-electron chi connectivity index (χ0n) is 11.2. The molecule has 0 aliphatic carbocycles. The zero-order valence-corrected chi connectivity index (χ0v) is 11.2. The Hall–Kier alpha value is -2.37. The maximum absolute atomic E-state index is 12.0. The number of amides is 3. The van der Waals surface area contributed by atoms with Crippen LogP contribution in [0.5, 0.6) is 5.75 Å². The van der Waals surface area contributed by atoms with Crippen molar-refractivity contribution in [1.29, 1.82) is 0 Å². The van der Waals surface area contributed by atoms with Crippen molar-refractivity contribution in [2.75, 3.05) is 20.2 Å². The molecule has 1 aliphatic heterocycles. The summed E-state index contributed by atoms with van der Waals surface area (Å²) in [5.41, 5.74) is 1.01. The third-order valence-electron chi connectivity index (χ3n) is 3.09. The van der Waals surface area contributed by atoms with E-state index in [4.69, 9.17) is 4.74 Å². The van der Waals surface area contributed by atoms with E-state index in [0.29, 0.717) is 6.42 Å². The van der Waals surface area contributed by atoms with Crippen LogP contribution in [0.2, 0.25) is 0 Å². The summed E-state index contributed by atoms with van der Waals surface area (Å²) in [5.74, 6) is -0.291. The predicted molar refractivity (Wildman–Crippen MR) is 71.0 cm³/mol. The lowest BCUT2D eigenvalue weighted by Gasteiger charge is -2.25. The summed E-state index contributed by atoms with van der Waals surface area (Å²) in [6.45, 7) is -0.0969. The summed E-state index contributed by atoms with van der Waals surface area (Å²) in [6.07, 6.45) is 0.835. The molecule has 3 amide bonds. The van der Waals surface area contributed by atoms with Gasteiger partial charge in [-0.15, -0.1) is 0 Å². The SMILES string of the molecule is COc1ccc(CCC(=O)N2CC(=O)NC(=O)C2)cc1. The number of piperazine rings is 1. The highest BCUT2D eigenvalue weighted by molar-refractivity contribution is 6.02. The first-order valence-corrected chi connectivity index (χ1v) is 6.32. The first-order chi connectivity index (χ1) is 9.58. The Morgan fingerprint density at radius 3 is 2.35 bits per heavy atom. The van der Waals surface area contributed by atoms with E-state index in [-0.39, 0.29) is 25.4 Å². The van der Waals surface area contributed by atoms with Gasteiger partial charge in [-0.25, -0.2) is 0 Å². The van der Waals surface area contributed by atoms with Gasteiger partial charge in [0, 0.05) is 6.42 Å². The number of nitrogens with one attached hydrogen (secondary N) is 1. The summed E-state index contributed by atoms with van der Waals surface area (Å²) in [7, 11) is 1.59. The molecule has 1 fully saturated rings. The molecule has 2 rings (SSSR count). The van der Waals surface area contributed by atoms with Crippen LogP contribution in [0.4, 0.5) is 0 Å². The van der Waals surface area contributed by atoms with E-state index < -0.39 is 11.8 Å². The number of carbonyl (C=O) groups excluding carboxylic acids is 3. The molecule has 6 heteroatoms. The third kappa shape index (κ3) is 3.57. The molecule has 1 aromatic rings. The summed E-state index contributed by atoms with van der Waals surface area (Å²) < 4.78 is 5.06. The van der Waals surface area contributed by atoms with E-state index in [1.165, 1.54) is 4.90 Å². The molecule has 0 atom stereocenters. The van der Waals surface area contributed by atoms with Crippen molar-refractivity contribution in [3.63, 3.8) is 0 Å². The van der Waals surface area contributed by atoms with E-state index in [1.807, 2.05) is 24.3 Å². The van der Waals surface area contributed by atoms with Crippen LogP contribution in [-0.2, 0) is 20.8 Å². The molecule has 1 aliphatic rings. The predicted octanol–water partition coefficient (Wildman–Crippen LogP) is 0.113. The lowest BCUT2D eigenvalue weighted by molar-refractivity contribution is -0.145. The van der Waals surface area contributed by atoms with Gasteiger partial charge >= 0.3 is 0 Å². The van der Waals surface area contributed by atoms with E-state index in [0.717, 1.165) is 11.3 Å². The van der Waals surface area contributed by atoms with Gasteiger partial charge in [-0.1, -0.05) is 12.1 Å². The molecule has 0 aromatic heterocycles. The Morgan fingerprint density at radius 1 is 1.20 bits per heavy atom. The van der Waals surface area contributed by atoms with E-state index in [2.05, 4.69) is 5.32 Å². The number of hydrogen-bond acceptors (Lipinski definition) is 4. The van der Waals surface area contributed by atoms with Crippen molar-refractivity contribution in [2.45, 2.75) is 12.8 Å². The number of nitrogens with zero attached hydrogens (tertiary/aromatic N) is 1. The zero-order chi connectivity index (χ0) is 14.5. The number of benzene rings is 1. The van der Waals surface area contributed by atoms with Crippen LogP contribution in [0.25, 0.3) is 0 Å².